The minimum Gasteiger partial charge on any atom is -0.429 e. The van der Waals surface area contributed by atoms with E-state index >= 15 is 0 Å². The molecule has 0 saturated heterocycles. The van der Waals surface area contributed by atoms with E-state index in [2.05, 4.69) is 60.7 Å². The minimum atomic E-state index is -0.696. The Morgan fingerprint density at radius 2 is 1.16 bits per heavy atom. The van der Waals surface area contributed by atoms with Crippen molar-refractivity contribution in [1.29, 1.82) is 0 Å². The maximum atomic E-state index is 12.3. The fourth-order valence-electron chi connectivity index (χ4n) is 3.54. The fraction of sp³-hybridized carbons (Fsp3) is 0.107. The van der Waals surface area contributed by atoms with E-state index < -0.39 is 6.16 Å². The standard InChI is InChI=1S/C28H25O3S/c1-21-18-26(32(24-14-8-4-9-15-24)25-16-10-5-11-17-25)19-22(2)27(21)31-28(29)30-20-23-12-6-3-7-13-23/h3-19H,20H2,1-2H3/q+1. The molecule has 0 spiro atoms. The van der Waals surface area contributed by atoms with Crippen molar-refractivity contribution in [3.8, 4) is 5.75 Å². The molecule has 0 saturated carbocycles. The molecule has 0 unspecified atom stereocenters. The molecule has 0 aromatic heterocycles. The van der Waals surface area contributed by atoms with Gasteiger partial charge in [-0.15, -0.1) is 0 Å². The molecule has 4 aromatic carbocycles. The van der Waals surface area contributed by atoms with Gasteiger partial charge in [-0.25, -0.2) is 4.79 Å². The van der Waals surface area contributed by atoms with E-state index in [1.165, 1.54) is 14.7 Å². The average molecular weight is 442 g/mol. The molecule has 0 aliphatic heterocycles. The van der Waals surface area contributed by atoms with Crippen LogP contribution in [0.2, 0.25) is 0 Å². The molecular weight excluding hydrogens is 416 g/mol. The Kier molecular flexibility index (Phi) is 6.93. The van der Waals surface area contributed by atoms with Gasteiger partial charge in [-0.2, -0.15) is 0 Å². The normalized spacial score (nSPS) is 10.7. The van der Waals surface area contributed by atoms with Gasteiger partial charge in [0.25, 0.3) is 0 Å². The summed E-state index contributed by atoms with van der Waals surface area (Å²) in [5.74, 6) is 0.552. The van der Waals surface area contributed by atoms with Gasteiger partial charge in [-0.1, -0.05) is 66.7 Å². The summed E-state index contributed by atoms with van der Waals surface area (Å²) < 4.78 is 10.9. The third-order valence-electron chi connectivity index (χ3n) is 5.01. The Morgan fingerprint density at radius 3 is 1.66 bits per heavy atom. The van der Waals surface area contributed by atoms with Crippen LogP contribution in [0.5, 0.6) is 5.75 Å². The van der Waals surface area contributed by atoms with Gasteiger partial charge in [-0.05, 0) is 54.8 Å². The molecule has 32 heavy (non-hydrogen) atoms. The van der Waals surface area contributed by atoms with Crippen LogP contribution in [0.1, 0.15) is 16.7 Å². The van der Waals surface area contributed by atoms with Crippen molar-refractivity contribution in [2.45, 2.75) is 35.1 Å². The van der Waals surface area contributed by atoms with Gasteiger partial charge in [0.2, 0.25) is 0 Å². The second-order valence-corrected chi connectivity index (χ2v) is 9.47. The Bertz CT molecular complexity index is 1110. The van der Waals surface area contributed by atoms with Crippen LogP contribution in [0, 0.1) is 13.8 Å². The van der Waals surface area contributed by atoms with Crippen molar-refractivity contribution in [3.63, 3.8) is 0 Å². The monoisotopic (exact) mass is 441 g/mol. The maximum Gasteiger partial charge on any atom is 0.514 e. The van der Waals surface area contributed by atoms with Crippen molar-refractivity contribution >= 4 is 17.1 Å². The molecule has 0 aliphatic rings. The Balaban J connectivity index is 1.59. The third-order valence-corrected chi connectivity index (χ3v) is 7.21. The molecule has 0 heterocycles. The van der Waals surface area contributed by atoms with Crippen molar-refractivity contribution in [2.24, 2.45) is 0 Å². The molecule has 0 aliphatic carbocycles. The molecule has 0 bridgehead atoms. The number of carbonyl (C=O) groups excluding carboxylic acids is 1. The lowest BCUT2D eigenvalue weighted by molar-refractivity contribution is 0.0922. The van der Waals surface area contributed by atoms with E-state index in [0.29, 0.717) is 5.75 Å². The number of hydrogen-bond acceptors (Lipinski definition) is 3. The second-order valence-electron chi connectivity index (χ2n) is 7.44. The largest absolute Gasteiger partial charge is 0.514 e. The second kappa shape index (κ2) is 10.2. The summed E-state index contributed by atoms with van der Waals surface area (Å²) >= 11 is 0. The highest BCUT2D eigenvalue weighted by atomic mass is 32.2. The predicted octanol–water partition coefficient (Wildman–Crippen LogP) is 7.11. The molecule has 4 rings (SSSR count). The Morgan fingerprint density at radius 1 is 0.688 bits per heavy atom. The van der Waals surface area contributed by atoms with Gasteiger partial charge >= 0.3 is 6.16 Å². The number of hydrogen-bond donors (Lipinski definition) is 0. The van der Waals surface area contributed by atoms with Gasteiger partial charge in [0.1, 0.15) is 12.4 Å². The van der Waals surface area contributed by atoms with E-state index in [1.807, 2.05) is 56.3 Å². The zero-order chi connectivity index (χ0) is 22.3. The predicted molar refractivity (Wildman–Crippen MR) is 128 cm³/mol. The van der Waals surface area contributed by atoms with Gasteiger partial charge in [0.05, 0.1) is 10.9 Å². The zero-order valence-electron chi connectivity index (χ0n) is 18.2. The van der Waals surface area contributed by atoms with Crippen LogP contribution in [0.4, 0.5) is 4.79 Å². The Labute approximate surface area is 192 Å². The summed E-state index contributed by atoms with van der Waals surface area (Å²) in [6.07, 6.45) is -0.696. The van der Waals surface area contributed by atoms with Crippen LogP contribution in [0.15, 0.2) is 118 Å². The maximum absolute atomic E-state index is 12.3. The highest BCUT2D eigenvalue weighted by Gasteiger charge is 2.30. The van der Waals surface area contributed by atoms with Crippen LogP contribution >= 0.6 is 0 Å². The number of benzene rings is 4. The van der Waals surface area contributed by atoms with Crippen LogP contribution < -0.4 is 4.74 Å². The molecule has 0 N–H and O–H groups in total. The molecule has 0 radical (unpaired) electrons. The molecule has 0 fully saturated rings. The summed E-state index contributed by atoms with van der Waals surface area (Å²) in [4.78, 5) is 16.0. The van der Waals surface area contributed by atoms with Gasteiger partial charge < -0.3 is 9.47 Å². The first kappa shape index (κ1) is 21.7. The third kappa shape index (κ3) is 5.21. The van der Waals surface area contributed by atoms with E-state index in [4.69, 9.17) is 9.47 Å². The van der Waals surface area contributed by atoms with Crippen molar-refractivity contribution in [2.75, 3.05) is 0 Å². The van der Waals surface area contributed by atoms with Crippen LogP contribution in [0.25, 0.3) is 0 Å². The van der Waals surface area contributed by atoms with E-state index in [0.717, 1.165) is 16.7 Å². The summed E-state index contributed by atoms with van der Waals surface area (Å²) in [5, 5.41) is 0. The number of rotatable bonds is 6. The molecule has 4 aromatic rings. The van der Waals surface area contributed by atoms with Gasteiger partial charge in [-0.3, -0.25) is 0 Å². The van der Waals surface area contributed by atoms with E-state index in [9.17, 15) is 4.79 Å². The van der Waals surface area contributed by atoms with Crippen molar-refractivity contribution in [1.82, 2.24) is 0 Å². The smallest absolute Gasteiger partial charge is 0.429 e. The number of ether oxygens (including phenoxy) is 2. The summed E-state index contributed by atoms with van der Waals surface area (Å²) in [6, 6.07) is 34.8. The first-order valence-corrected chi connectivity index (χ1v) is 11.7. The molecule has 4 heteroatoms. The molecular formula is C28H25O3S+. The minimum absolute atomic E-state index is 0.182. The summed E-state index contributed by atoms with van der Waals surface area (Å²) in [6.45, 7) is 4.11. The van der Waals surface area contributed by atoms with Crippen LogP contribution in [-0.2, 0) is 22.2 Å². The summed E-state index contributed by atoms with van der Waals surface area (Å²) in [5.41, 5.74) is 2.73. The lowest BCUT2D eigenvalue weighted by atomic mass is 10.1. The van der Waals surface area contributed by atoms with Gasteiger partial charge in [0.15, 0.2) is 14.7 Å². The van der Waals surface area contributed by atoms with Crippen molar-refractivity contribution < 1.29 is 14.3 Å². The molecule has 160 valence electrons. The molecule has 3 nitrogen and oxygen atoms in total. The lowest BCUT2D eigenvalue weighted by Crippen LogP contribution is -2.13. The highest BCUT2D eigenvalue weighted by Crippen LogP contribution is 2.35. The topological polar surface area (TPSA) is 35.5 Å². The highest BCUT2D eigenvalue weighted by molar-refractivity contribution is 7.97. The number of carbonyl (C=O) groups is 1. The molecule has 0 atom stereocenters. The first-order chi connectivity index (χ1) is 15.6. The van der Waals surface area contributed by atoms with Crippen LogP contribution in [0.3, 0.4) is 0 Å². The van der Waals surface area contributed by atoms with Gasteiger partial charge in [0, 0.05) is 12.1 Å². The lowest BCUT2D eigenvalue weighted by Gasteiger charge is -2.14. The van der Waals surface area contributed by atoms with Crippen LogP contribution in [-0.4, -0.2) is 6.16 Å². The molecule has 0 amide bonds. The van der Waals surface area contributed by atoms with E-state index in [1.54, 1.807) is 0 Å². The van der Waals surface area contributed by atoms with Crippen molar-refractivity contribution in [3.05, 3.63) is 120 Å². The zero-order valence-corrected chi connectivity index (χ0v) is 19.0. The average Bonchev–Trinajstić information content (AvgIpc) is 2.82. The first-order valence-electron chi connectivity index (χ1n) is 10.5. The summed E-state index contributed by atoms with van der Waals surface area (Å²) in [7, 11) is -0.256. The number of aryl methyl sites for hydroxylation is 2. The Hall–Kier alpha value is -3.50. The SMILES string of the molecule is Cc1cc([S+](c2ccccc2)c2ccccc2)cc(C)c1OC(=O)OCc1ccccc1. The fourth-order valence-corrected chi connectivity index (χ4v) is 5.80. The quantitative estimate of drug-likeness (QED) is 0.182. The van der Waals surface area contributed by atoms with E-state index in [-0.39, 0.29) is 17.5 Å².